The third-order valence-electron chi connectivity index (χ3n) is 10.4. The van der Waals surface area contributed by atoms with Crippen molar-refractivity contribution >= 4 is 65.4 Å². The number of benzene rings is 6. The van der Waals surface area contributed by atoms with Gasteiger partial charge in [-0.05, 0) is 52.1 Å². The van der Waals surface area contributed by atoms with Crippen molar-refractivity contribution in [1.29, 1.82) is 0 Å². The van der Waals surface area contributed by atoms with E-state index < -0.39 is 5.41 Å². The predicted molar refractivity (Wildman–Crippen MR) is 186 cm³/mol. The van der Waals surface area contributed by atoms with Gasteiger partial charge in [0.2, 0.25) is 0 Å². The summed E-state index contributed by atoms with van der Waals surface area (Å²) < 4.78 is 0. The summed E-state index contributed by atoms with van der Waals surface area (Å²) in [6.45, 7) is 0. The number of para-hydroxylation sites is 4. The number of aromatic nitrogens is 4. The smallest absolute Gasteiger partial charge is 0.0762 e. The first-order valence-electron chi connectivity index (χ1n) is 15.5. The number of fused-ring (bicyclic) bond motifs is 14. The van der Waals surface area contributed by atoms with E-state index in [1.54, 1.807) is 0 Å². The van der Waals surface area contributed by atoms with Crippen LogP contribution in [0.5, 0.6) is 0 Å². The lowest BCUT2D eigenvalue weighted by Gasteiger charge is -2.33. The topological polar surface area (TPSA) is 63.2 Å². The Hall–Kier alpha value is -6.00. The SMILES string of the molecule is c1ccc2c(c1)-c1c(c3c4ccccc4[nH]c3c3c1[nH]c1ccccc13)C2(c1c[nH]c2ccccc12)c1c[nH]c2ccccc12. The number of nitrogens with one attached hydrogen (secondary N) is 4. The molecule has 210 valence electrons. The van der Waals surface area contributed by atoms with Gasteiger partial charge in [-0.3, -0.25) is 0 Å². The van der Waals surface area contributed by atoms with Crippen LogP contribution in [0, 0.1) is 0 Å². The second-order valence-electron chi connectivity index (χ2n) is 12.4. The van der Waals surface area contributed by atoms with Crippen molar-refractivity contribution in [3.05, 3.63) is 156 Å². The fourth-order valence-electron chi connectivity index (χ4n) is 8.70. The summed E-state index contributed by atoms with van der Waals surface area (Å²) >= 11 is 0. The van der Waals surface area contributed by atoms with E-state index in [9.17, 15) is 0 Å². The molecule has 4 heterocycles. The van der Waals surface area contributed by atoms with Crippen LogP contribution in [0.1, 0.15) is 22.3 Å². The Morgan fingerprint density at radius 2 is 0.889 bits per heavy atom. The molecule has 10 aromatic rings. The van der Waals surface area contributed by atoms with E-state index in [1.807, 2.05) is 0 Å². The molecule has 0 saturated heterocycles. The molecule has 0 amide bonds. The van der Waals surface area contributed by atoms with Crippen LogP contribution in [0.3, 0.4) is 0 Å². The molecule has 0 atom stereocenters. The minimum atomic E-state index is -0.611. The summed E-state index contributed by atoms with van der Waals surface area (Å²) in [7, 11) is 0. The molecule has 0 fully saturated rings. The van der Waals surface area contributed by atoms with E-state index in [0.717, 1.165) is 22.1 Å². The Labute approximate surface area is 257 Å². The largest absolute Gasteiger partial charge is 0.361 e. The summed E-state index contributed by atoms with van der Waals surface area (Å²) in [4.78, 5) is 15.2. The van der Waals surface area contributed by atoms with E-state index in [0.29, 0.717) is 0 Å². The molecule has 0 unspecified atom stereocenters. The lowest BCUT2D eigenvalue weighted by atomic mass is 9.66. The van der Waals surface area contributed by atoms with Crippen LogP contribution in [-0.4, -0.2) is 19.9 Å². The normalized spacial score (nSPS) is 14.0. The summed E-state index contributed by atoms with van der Waals surface area (Å²) in [6, 6.07) is 44.0. The van der Waals surface area contributed by atoms with Crippen LogP contribution in [0.4, 0.5) is 0 Å². The molecule has 4 N–H and O–H groups in total. The average Bonchev–Trinajstić information content (AvgIpc) is 3.90. The van der Waals surface area contributed by atoms with Gasteiger partial charge < -0.3 is 19.9 Å². The van der Waals surface area contributed by atoms with Gasteiger partial charge in [-0.2, -0.15) is 0 Å². The van der Waals surface area contributed by atoms with Gasteiger partial charge in [0.05, 0.1) is 16.4 Å². The molecule has 0 spiro atoms. The highest BCUT2D eigenvalue weighted by molar-refractivity contribution is 6.30. The van der Waals surface area contributed by atoms with Gasteiger partial charge in [-0.15, -0.1) is 0 Å². The highest BCUT2D eigenvalue weighted by Gasteiger charge is 2.51. The first-order valence-corrected chi connectivity index (χ1v) is 15.5. The summed E-state index contributed by atoms with van der Waals surface area (Å²) in [5.41, 5.74) is 14.0. The van der Waals surface area contributed by atoms with E-state index >= 15 is 0 Å². The van der Waals surface area contributed by atoms with Crippen molar-refractivity contribution in [2.45, 2.75) is 5.41 Å². The predicted octanol–water partition coefficient (Wildman–Crippen LogP) is 10.3. The maximum Gasteiger partial charge on any atom is 0.0762 e. The lowest BCUT2D eigenvalue weighted by Crippen LogP contribution is -2.28. The Balaban J connectivity index is 1.49. The fourth-order valence-corrected chi connectivity index (χ4v) is 8.70. The first-order chi connectivity index (χ1) is 22.3. The monoisotopic (exact) mass is 574 g/mol. The van der Waals surface area contributed by atoms with Gasteiger partial charge in [-0.25, -0.2) is 0 Å². The number of aromatic amines is 4. The molecule has 6 aromatic carbocycles. The Morgan fingerprint density at radius 1 is 0.400 bits per heavy atom. The molecule has 4 aromatic heterocycles. The third-order valence-corrected chi connectivity index (χ3v) is 10.4. The fraction of sp³-hybridized carbons (Fsp3) is 0.0244. The molecule has 4 nitrogen and oxygen atoms in total. The zero-order valence-corrected chi connectivity index (χ0v) is 24.2. The molecule has 0 radical (unpaired) electrons. The third kappa shape index (κ3) is 2.70. The highest BCUT2D eigenvalue weighted by atomic mass is 14.8. The van der Waals surface area contributed by atoms with Gasteiger partial charge in [0, 0.05) is 72.3 Å². The Morgan fingerprint density at radius 3 is 1.53 bits per heavy atom. The Bertz CT molecular complexity index is 2760. The maximum atomic E-state index is 3.92. The molecular formula is C41H26N4. The minimum absolute atomic E-state index is 0.611. The second-order valence-corrected chi connectivity index (χ2v) is 12.4. The molecule has 11 rings (SSSR count). The molecule has 0 aliphatic heterocycles. The van der Waals surface area contributed by atoms with Crippen LogP contribution in [0.2, 0.25) is 0 Å². The zero-order valence-electron chi connectivity index (χ0n) is 24.2. The summed E-state index contributed by atoms with van der Waals surface area (Å²) in [5.74, 6) is 0. The van der Waals surface area contributed by atoms with E-state index in [2.05, 4.69) is 154 Å². The van der Waals surface area contributed by atoms with Gasteiger partial charge in [0.15, 0.2) is 0 Å². The van der Waals surface area contributed by atoms with Crippen molar-refractivity contribution in [2.24, 2.45) is 0 Å². The van der Waals surface area contributed by atoms with Crippen molar-refractivity contribution in [1.82, 2.24) is 19.9 Å². The summed E-state index contributed by atoms with van der Waals surface area (Å²) in [6.07, 6.45) is 4.52. The molecule has 0 bridgehead atoms. The van der Waals surface area contributed by atoms with Gasteiger partial charge in [0.1, 0.15) is 0 Å². The second kappa shape index (κ2) is 8.13. The standard InChI is InChI=1S/C41H26N4/c1-6-16-28-25(13-1)35-38(36-26-14-4-9-19-33(26)44-40(36)37-27-15-5-10-20-34(27)45-39(35)37)41(28,29-21-42-31-17-7-2-11-23(29)31)30-22-43-32-18-8-3-12-24(30)32/h1-22,42-45H. The van der Waals surface area contributed by atoms with Crippen LogP contribution in [0.15, 0.2) is 134 Å². The molecule has 1 aliphatic carbocycles. The van der Waals surface area contributed by atoms with Crippen molar-refractivity contribution in [3.63, 3.8) is 0 Å². The molecule has 45 heavy (non-hydrogen) atoms. The first kappa shape index (κ1) is 23.5. The van der Waals surface area contributed by atoms with Crippen LogP contribution in [0.25, 0.3) is 76.5 Å². The number of hydrogen-bond donors (Lipinski definition) is 4. The van der Waals surface area contributed by atoms with Gasteiger partial charge in [0.25, 0.3) is 0 Å². The van der Waals surface area contributed by atoms with E-state index in [1.165, 1.54) is 76.7 Å². The minimum Gasteiger partial charge on any atom is -0.361 e. The van der Waals surface area contributed by atoms with Crippen molar-refractivity contribution in [3.8, 4) is 11.1 Å². The van der Waals surface area contributed by atoms with Crippen molar-refractivity contribution < 1.29 is 0 Å². The van der Waals surface area contributed by atoms with Crippen LogP contribution >= 0.6 is 0 Å². The quantitative estimate of drug-likeness (QED) is 0.159. The number of rotatable bonds is 2. The average molecular weight is 575 g/mol. The van der Waals surface area contributed by atoms with E-state index in [-0.39, 0.29) is 0 Å². The lowest BCUT2D eigenvalue weighted by molar-refractivity contribution is 0.792. The van der Waals surface area contributed by atoms with Gasteiger partial charge in [-0.1, -0.05) is 97.1 Å². The molecule has 4 heteroatoms. The van der Waals surface area contributed by atoms with E-state index in [4.69, 9.17) is 0 Å². The number of H-pyrrole nitrogens is 4. The van der Waals surface area contributed by atoms with Crippen LogP contribution in [-0.2, 0) is 5.41 Å². The molecular weight excluding hydrogens is 548 g/mol. The van der Waals surface area contributed by atoms with Crippen LogP contribution < -0.4 is 0 Å². The molecule has 0 saturated carbocycles. The van der Waals surface area contributed by atoms with Gasteiger partial charge >= 0.3 is 0 Å². The highest BCUT2D eigenvalue weighted by Crippen LogP contribution is 2.63. The zero-order chi connectivity index (χ0) is 29.3. The summed E-state index contributed by atoms with van der Waals surface area (Å²) in [5, 5.41) is 7.47. The Kier molecular flexibility index (Phi) is 4.24. The van der Waals surface area contributed by atoms with Crippen molar-refractivity contribution in [2.75, 3.05) is 0 Å². The number of hydrogen-bond acceptors (Lipinski definition) is 0. The molecule has 1 aliphatic rings. The maximum absolute atomic E-state index is 3.92.